The monoisotopic (exact) mass is 628 g/mol. The van der Waals surface area contributed by atoms with Crippen molar-refractivity contribution in [1.82, 2.24) is 0 Å². The number of hydrogen-bond donors (Lipinski definition) is 1. The number of anilines is 1. The first-order valence-electron chi connectivity index (χ1n) is 14.7. The number of nitrogens with one attached hydrogen (secondary N) is 1. The van der Waals surface area contributed by atoms with Crippen LogP contribution in [0.3, 0.4) is 0 Å². The molecule has 1 aliphatic heterocycles. The predicted molar refractivity (Wildman–Crippen MR) is 180 cm³/mol. The molecule has 5 aromatic rings. The Labute approximate surface area is 261 Å². The molecule has 3 atom stereocenters. The van der Waals surface area contributed by atoms with Gasteiger partial charge >= 0.3 is 0 Å². The van der Waals surface area contributed by atoms with Crippen molar-refractivity contribution in [2.45, 2.75) is 31.9 Å². The van der Waals surface area contributed by atoms with Gasteiger partial charge in [-0.3, -0.25) is 4.99 Å². The van der Waals surface area contributed by atoms with Gasteiger partial charge in [-0.25, -0.2) is 0 Å². The smallest absolute Gasteiger partial charge is 0.175 e. The maximum absolute atomic E-state index is 6.27. The first-order valence-corrected chi connectivity index (χ1v) is 15.5. The summed E-state index contributed by atoms with van der Waals surface area (Å²) in [6.07, 6.45) is 7.69. The molecule has 5 heteroatoms. The number of ether oxygens (including phenoxy) is 2. The molecule has 2 aliphatic rings. The van der Waals surface area contributed by atoms with Crippen molar-refractivity contribution in [3.8, 4) is 11.5 Å². The summed E-state index contributed by atoms with van der Waals surface area (Å²) >= 11 is 3.70. The summed E-state index contributed by atoms with van der Waals surface area (Å²) in [5.41, 5.74) is 8.23. The summed E-state index contributed by atoms with van der Waals surface area (Å²) in [6.45, 7) is 2.61. The first kappa shape index (κ1) is 27.5. The lowest BCUT2D eigenvalue weighted by Gasteiger charge is -2.37. The number of nitrogens with zero attached hydrogens (tertiary/aromatic N) is 1. The van der Waals surface area contributed by atoms with Crippen LogP contribution in [-0.4, -0.2) is 13.3 Å². The predicted octanol–water partition coefficient (Wildman–Crippen LogP) is 10.1. The minimum absolute atomic E-state index is 0.273. The Kier molecular flexibility index (Phi) is 7.50. The van der Waals surface area contributed by atoms with Crippen molar-refractivity contribution < 1.29 is 9.47 Å². The molecule has 0 aromatic heterocycles. The molecule has 1 aliphatic carbocycles. The van der Waals surface area contributed by atoms with Gasteiger partial charge in [-0.15, -0.1) is 0 Å². The van der Waals surface area contributed by atoms with Gasteiger partial charge in [0.05, 0.1) is 23.3 Å². The lowest BCUT2D eigenvalue weighted by molar-refractivity contribution is 0.283. The van der Waals surface area contributed by atoms with Crippen LogP contribution in [0.4, 0.5) is 11.4 Å². The highest BCUT2D eigenvalue weighted by Crippen LogP contribution is 2.50. The third kappa shape index (κ3) is 5.46. The van der Waals surface area contributed by atoms with Gasteiger partial charge in [-0.2, -0.15) is 0 Å². The number of allylic oxidation sites excluding steroid dienone is 2. The number of hydrogen-bond acceptors (Lipinski definition) is 4. The molecule has 0 radical (unpaired) electrons. The molecule has 0 amide bonds. The summed E-state index contributed by atoms with van der Waals surface area (Å²) in [5, 5.41) is 6.22. The minimum Gasteiger partial charge on any atom is -0.493 e. The molecule has 214 valence electrons. The van der Waals surface area contributed by atoms with E-state index in [1.807, 2.05) is 18.3 Å². The van der Waals surface area contributed by atoms with E-state index in [9.17, 15) is 0 Å². The third-order valence-electron chi connectivity index (χ3n) is 8.64. The fraction of sp³-hybridized carbons (Fsp3) is 0.184. The molecule has 0 spiro atoms. The SMILES string of the molecule is COc1cc(C=Nc2ccc([C@@H]3Nc4ccc(C)cc4[C@@H]4C=CC[C@@H]43)cc2)cc(Br)c1OCc1cccc2ccccc12. The van der Waals surface area contributed by atoms with Gasteiger partial charge in [0.15, 0.2) is 11.5 Å². The van der Waals surface area contributed by atoms with Gasteiger partial charge in [0.25, 0.3) is 0 Å². The Hall–Kier alpha value is -4.35. The zero-order chi connectivity index (χ0) is 29.3. The van der Waals surface area contributed by atoms with E-state index in [-0.39, 0.29) is 6.04 Å². The number of aliphatic imine (C=N–C) groups is 1. The molecule has 7 rings (SSSR count). The van der Waals surface area contributed by atoms with Crippen LogP contribution in [0.5, 0.6) is 11.5 Å². The Balaban J connectivity index is 1.07. The normalized spacial score (nSPS) is 18.8. The van der Waals surface area contributed by atoms with E-state index >= 15 is 0 Å². The maximum atomic E-state index is 6.27. The van der Waals surface area contributed by atoms with Crippen LogP contribution in [0.15, 0.2) is 119 Å². The molecule has 0 unspecified atom stereocenters. The summed E-state index contributed by atoms with van der Waals surface area (Å²) in [7, 11) is 1.66. The molecular formula is C38H33BrN2O2. The van der Waals surface area contributed by atoms with Crippen LogP contribution in [-0.2, 0) is 6.61 Å². The van der Waals surface area contributed by atoms with Crippen molar-refractivity contribution in [2.75, 3.05) is 12.4 Å². The van der Waals surface area contributed by atoms with E-state index < -0.39 is 0 Å². The molecule has 5 aromatic carbocycles. The van der Waals surface area contributed by atoms with Crippen molar-refractivity contribution >= 4 is 44.3 Å². The van der Waals surface area contributed by atoms with Gasteiger partial charge in [-0.1, -0.05) is 84.4 Å². The average molecular weight is 630 g/mol. The van der Waals surface area contributed by atoms with Crippen LogP contribution in [0.1, 0.15) is 46.2 Å². The van der Waals surface area contributed by atoms with Gasteiger partial charge in [-0.05, 0) is 98.6 Å². The lowest BCUT2D eigenvalue weighted by Crippen LogP contribution is -2.29. The average Bonchev–Trinajstić information content (AvgIpc) is 3.54. The zero-order valence-electron chi connectivity index (χ0n) is 24.3. The number of aryl methyl sites for hydroxylation is 1. The second kappa shape index (κ2) is 11.7. The molecule has 0 bridgehead atoms. The van der Waals surface area contributed by atoms with Crippen LogP contribution in [0.2, 0.25) is 0 Å². The Bertz CT molecular complexity index is 1860. The summed E-state index contributed by atoms with van der Waals surface area (Å²) in [5.74, 6) is 2.32. The highest BCUT2D eigenvalue weighted by Gasteiger charge is 2.37. The van der Waals surface area contributed by atoms with Gasteiger partial charge in [0, 0.05) is 17.8 Å². The van der Waals surface area contributed by atoms with Gasteiger partial charge in [0.2, 0.25) is 0 Å². The zero-order valence-corrected chi connectivity index (χ0v) is 25.8. The number of halogens is 1. The molecule has 4 nitrogen and oxygen atoms in total. The van der Waals surface area contributed by atoms with E-state index in [1.54, 1.807) is 7.11 Å². The highest BCUT2D eigenvalue weighted by molar-refractivity contribution is 9.10. The van der Waals surface area contributed by atoms with Crippen molar-refractivity contribution in [3.63, 3.8) is 0 Å². The van der Waals surface area contributed by atoms with Gasteiger partial charge in [0.1, 0.15) is 6.61 Å². The standard InChI is InChI=1S/C38H33BrN2O2/c1-24-13-18-35-33(19-24)31-11-6-12-32(31)37(41-35)27-14-16-29(17-15-27)40-22-25-20-34(39)38(36(21-25)42-2)43-23-28-9-5-8-26-7-3-4-10-30(26)28/h3-11,13-22,31-32,37,41H,12,23H2,1-2H3/t31-,32+,37+/m1/s1. The topological polar surface area (TPSA) is 42.8 Å². The van der Waals surface area contributed by atoms with E-state index in [1.165, 1.54) is 33.2 Å². The van der Waals surface area contributed by atoms with Crippen molar-refractivity contribution in [1.29, 1.82) is 0 Å². The molecular weight excluding hydrogens is 596 g/mol. The van der Waals surface area contributed by atoms with Crippen LogP contribution < -0.4 is 14.8 Å². The minimum atomic E-state index is 0.273. The summed E-state index contributed by atoms with van der Waals surface area (Å²) < 4.78 is 12.8. The molecule has 0 saturated carbocycles. The maximum Gasteiger partial charge on any atom is 0.175 e. The number of fused-ring (bicyclic) bond motifs is 4. The van der Waals surface area contributed by atoms with Crippen LogP contribution in [0, 0.1) is 12.8 Å². The quantitative estimate of drug-likeness (QED) is 0.144. The Morgan fingerprint density at radius 2 is 1.79 bits per heavy atom. The number of methoxy groups -OCH3 is 1. The van der Waals surface area contributed by atoms with E-state index in [0.29, 0.717) is 29.9 Å². The molecule has 0 fully saturated rings. The van der Waals surface area contributed by atoms with Crippen molar-refractivity contribution in [2.24, 2.45) is 10.9 Å². The van der Waals surface area contributed by atoms with E-state index in [0.717, 1.165) is 27.7 Å². The lowest BCUT2D eigenvalue weighted by atomic mass is 9.76. The number of benzene rings is 5. The first-order chi connectivity index (χ1) is 21.1. The highest BCUT2D eigenvalue weighted by atomic mass is 79.9. The molecule has 1 N–H and O–H groups in total. The molecule has 43 heavy (non-hydrogen) atoms. The Morgan fingerprint density at radius 1 is 0.953 bits per heavy atom. The third-order valence-corrected chi connectivity index (χ3v) is 9.23. The largest absolute Gasteiger partial charge is 0.493 e. The van der Waals surface area contributed by atoms with E-state index in [4.69, 9.17) is 14.5 Å². The number of rotatable bonds is 7. The summed E-state index contributed by atoms with van der Waals surface area (Å²) in [6, 6.07) is 34.2. The van der Waals surface area contributed by atoms with Crippen molar-refractivity contribution in [3.05, 3.63) is 142 Å². The Morgan fingerprint density at radius 3 is 2.65 bits per heavy atom. The van der Waals surface area contributed by atoms with Crippen LogP contribution in [0.25, 0.3) is 10.8 Å². The fourth-order valence-corrected chi connectivity index (χ4v) is 7.06. The summed E-state index contributed by atoms with van der Waals surface area (Å²) in [4.78, 5) is 4.77. The van der Waals surface area contributed by atoms with Gasteiger partial charge < -0.3 is 14.8 Å². The van der Waals surface area contributed by atoms with E-state index in [2.05, 4.69) is 125 Å². The fourth-order valence-electron chi connectivity index (χ4n) is 6.48. The molecule has 1 heterocycles. The second-order valence-corrected chi connectivity index (χ2v) is 12.2. The second-order valence-electron chi connectivity index (χ2n) is 11.4. The molecule has 0 saturated heterocycles. The van der Waals surface area contributed by atoms with Crippen LogP contribution >= 0.6 is 15.9 Å².